The van der Waals surface area contributed by atoms with Crippen molar-refractivity contribution < 1.29 is 26.4 Å². The molecule has 1 aromatic heterocycles. The Morgan fingerprint density at radius 3 is 2.31 bits per heavy atom. The van der Waals surface area contributed by atoms with Crippen molar-refractivity contribution in [3.05, 3.63) is 82.4 Å². The monoisotopic (exact) mass is 423 g/mol. The molecule has 0 atom stereocenters. The molecule has 7 nitrogen and oxygen atoms in total. The van der Waals surface area contributed by atoms with Gasteiger partial charge in [-0.25, -0.2) is 26.3 Å². The third-order valence-corrected chi connectivity index (χ3v) is 5.31. The third-order valence-electron chi connectivity index (χ3n) is 3.66. The molecule has 0 bridgehead atoms. The summed E-state index contributed by atoms with van der Waals surface area (Å²) >= 11 is 0. The van der Waals surface area contributed by atoms with Gasteiger partial charge in [-0.1, -0.05) is 6.07 Å². The van der Waals surface area contributed by atoms with Crippen molar-refractivity contribution in [3.63, 3.8) is 0 Å². The molecule has 1 heterocycles. The zero-order valence-electron chi connectivity index (χ0n) is 14.5. The molecular formula is C18H12F3N3O4S. The van der Waals surface area contributed by atoms with Crippen LogP contribution in [-0.4, -0.2) is 24.1 Å². The highest BCUT2D eigenvalue weighted by Crippen LogP contribution is 2.19. The summed E-state index contributed by atoms with van der Waals surface area (Å²) < 4.78 is 65.4. The molecule has 1 amide bonds. The van der Waals surface area contributed by atoms with Gasteiger partial charge in [0.2, 0.25) is 15.7 Å². The molecule has 0 aliphatic carbocycles. The SMILES string of the molecule is O=C(Cn1nc(S(=O)(=O)c2cccc(F)c2)ccc1=O)Nc1cc(F)cc(F)c1. The van der Waals surface area contributed by atoms with Gasteiger partial charge in [0.25, 0.3) is 5.56 Å². The van der Waals surface area contributed by atoms with Crippen molar-refractivity contribution in [2.24, 2.45) is 0 Å². The van der Waals surface area contributed by atoms with Gasteiger partial charge in [0.05, 0.1) is 4.90 Å². The molecular weight excluding hydrogens is 411 g/mol. The van der Waals surface area contributed by atoms with E-state index in [0.717, 1.165) is 42.5 Å². The van der Waals surface area contributed by atoms with Crippen molar-refractivity contribution in [3.8, 4) is 0 Å². The Balaban J connectivity index is 1.87. The predicted octanol–water partition coefficient (Wildman–Crippen LogP) is 2.13. The second kappa shape index (κ2) is 7.87. The van der Waals surface area contributed by atoms with Gasteiger partial charge in [0, 0.05) is 17.8 Å². The second-order valence-corrected chi connectivity index (χ2v) is 7.73. The van der Waals surface area contributed by atoms with Gasteiger partial charge in [-0.15, -0.1) is 0 Å². The number of rotatable bonds is 5. The molecule has 150 valence electrons. The zero-order valence-corrected chi connectivity index (χ0v) is 15.3. The topological polar surface area (TPSA) is 98.1 Å². The number of hydrogen-bond donors (Lipinski definition) is 1. The summed E-state index contributed by atoms with van der Waals surface area (Å²) in [6, 6.07) is 8.36. The molecule has 29 heavy (non-hydrogen) atoms. The van der Waals surface area contributed by atoms with Crippen molar-refractivity contribution in [2.75, 3.05) is 5.32 Å². The number of hydrogen-bond acceptors (Lipinski definition) is 5. The number of carbonyl (C=O) groups excluding carboxylic acids is 1. The molecule has 0 spiro atoms. The van der Waals surface area contributed by atoms with E-state index in [1.165, 1.54) is 6.07 Å². The van der Waals surface area contributed by atoms with Gasteiger partial charge in [-0.3, -0.25) is 9.59 Å². The number of nitrogens with one attached hydrogen (secondary N) is 1. The lowest BCUT2D eigenvalue weighted by molar-refractivity contribution is -0.117. The van der Waals surface area contributed by atoms with E-state index >= 15 is 0 Å². The molecule has 11 heteroatoms. The maximum Gasteiger partial charge on any atom is 0.267 e. The lowest BCUT2D eigenvalue weighted by Crippen LogP contribution is -2.30. The minimum atomic E-state index is -4.25. The number of nitrogens with zero attached hydrogens (tertiary/aromatic N) is 2. The van der Waals surface area contributed by atoms with Crippen LogP contribution in [0.3, 0.4) is 0 Å². The number of carbonyl (C=O) groups is 1. The summed E-state index contributed by atoms with van der Waals surface area (Å²) in [5, 5.41) is 5.25. The second-order valence-electron chi connectivity index (χ2n) is 5.83. The van der Waals surface area contributed by atoms with Crippen LogP contribution in [0, 0.1) is 17.5 Å². The van der Waals surface area contributed by atoms with Gasteiger partial charge < -0.3 is 5.32 Å². The van der Waals surface area contributed by atoms with Crippen LogP contribution >= 0.6 is 0 Å². The Kier molecular flexibility index (Phi) is 5.50. The Hall–Kier alpha value is -3.47. The lowest BCUT2D eigenvalue weighted by Gasteiger charge is -2.09. The minimum Gasteiger partial charge on any atom is -0.324 e. The molecule has 2 aromatic carbocycles. The van der Waals surface area contributed by atoms with Gasteiger partial charge >= 0.3 is 0 Å². The average molecular weight is 423 g/mol. The quantitative estimate of drug-likeness (QED) is 0.678. The summed E-state index contributed by atoms with van der Waals surface area (Å²) in [4.78, 5) is 23.6. The number of aromatic nitrogens is 2. The largest absolute Gasteiger partial charge is 0.324 e. The summed E-state index contributed by atoms with van der Waals surface area (Å²) in [5.74, 6) is -3.48. The minimum absolute atomic E-state index is 0.191. The Morgan fingerprint density at radius 1 is 0.966 bits per heavy atom. The first kappa shape index (κ1) is 20.3. The van der Waals surface area contributed by atoms with Crippen LogP contribution < -0.4 is 10.9 Å². The molecule has 3 aromatic rings. The first-order valence-corrected chi connectivity index (χ1v) is 9.48. The molecule has 0 unspecified atom stereocenters. The van der Waals surface area contributed by atoms with E-state index in [9.17, 15) is 31.2 Å². The van der Waals surface area contributed by atoms with Crippen molar-refractivity contribution in [1.29, 1.82) is 0 Å². The summed E-state index contributed by atoms with van der Waals surface area (Å²) in [6.45, 7) is -0.719. The number of sulfone groups is 1. The van der Waals surface area contributed by atoms with Gasteiger partial charge in [0.15, 0.2) is 5.03 Å². The van der Waals surface area contributed by atoms with Gasteiger partial charge in [0.1, 0.15) is 24.0 Å². The summed E-state index contributed by atoms with van der Waals surface area (Å²) in [6.07, 6.45) is 0. The Morgan fingerprint density at radius 2 is 1.66 bits per heavy atom. The highest BCUT2D eigenvalue weighted by Gasteiger charge is 2.21. The fraction of sp³-hybridized carbons (Fsp3) is 0.0556. The van der Waals surface area contributed by atoms with Crippen LogP contribution in [0.25, 0.3) is 0 Å². The summed E-state index contributed by atoms with van der Waals surface area (Å²) in [5.41, 5.74) is -0.979. The lowest BCUT2D eigenvalue weighted by atomic mass is 10.3. The molecule has 0 radical (unpaired) electrons. The Bertz CT molecular complexity index is 1240. The fourth-order valence-electron chi connectivity index (χ4n) is 2.40. The van der Waals surface area contributed by atoms with E-state index in [4.69, 9.17) is 0 Å². The maximum atomic E-state index is 13.3. The normalized spacial score (nSPS) is 11.3. The van der Waals surface area contributed by atoms with Crippen molar-refractivity contribution >= 4 is 21.4 Å². The molecule has 0 saturated heterocycles. The van der Waals surface area contributed by atoms with E-state index in [1.54, 1.807) is 0 Å². The van der Waals surface area contributed by atoms with E-state index in [-0.39, 0.29) is 10.6 Å². The number of anilines is 1. The Labute approximate surface area is 162 Å². The highest BCUT2D eigenvalue weighted by molar-refractivity contribution is 7.91. The van der Waals surface area contributed by atoms with Crippen molar-refractivity contribution in [2.45, 2.75) is 16.5 Å². The number of halogens is 3. The average Bonchev–Trinajstić information content (AvgIpc) is 2.62. The fourth-order valence-corrected chi connectivity index (χ4v) is 3.62. The molecule has 1 N–H and O–H groups in total. The third kappa shape index (κ3) is 4.69. The molecule has 0 aliphatic heterocycles. The van der Waals surface area contributed by atoms with Crippen LogP contribution in [0.1, 0.15) is 0 Å². The predicted molar refractivity (Wildman–Crippen MR) is 95.3 cm³/mol. The maximum absolute atomic E-state index is 13.3. The first-order chi connectivity index (χ1) is 13.6. The standard InChI is InChI=1S/C18H12F3N3O4S/c19-11-2-1-3-15(9-11)29(27,28)17-4-5-18(26)24(23-17)10-16(25)22-14-7-12(20)6-13(21)8-14/h1-9H,10H2,(H,22,25). The van der Waals surface area contributed by atoms with E-state index < -0.39 is 50.3 Å². The molecule has 3 rings (SSSR count). The highest BCUT2D eigenvalue weighted by atomic mass is 32.2. The van der Waals surface area contributed by atoms with Gasteiger partial charge in [-0.05, 0) is 36.4 Å². The van der Waals surface area contributed by atoms with E-state index in [1.807, 2.05) is 0 Å². The zero-order chi connectivity index (χ0) is 21.2. The smallest absolute Gasteiger partial charge is 0.267 e. The van der Waals surface area contributed by atoms with Crippen LogP contribution in [0.5, 0.6) is 0 Å². The number of amides is 1. The molecule has 0 saturated carbocycles. The molecule has 0 aliphatic rings. The van der Waals surface area contributed by atoms with E-state index in [0.29, 0.717) is 10.7 Å². The van der Waals surface area contributed by atoms with Gasteiger partial charge in [-0.2, -0.15) is 5.10 Å². The summed E-state index contributed by atoms with van der Waals surface area (Å²) in [7, 11) is -4.25. The van der Waals surface area contributed by atoms with Crippen LogP contribution in [-0.2, 0) is 21.2 Å². The van der Waals surface area contributed by atoms with Crippen LogP contribution in [0.4, 0.5) is 18.9 Å². The van der Waals surface area contributed by atoms with E-state index in [2.05, 4.69) is 10.4 Å². The molecule has 0 fully saturated rings. The van der Waals surface area contributed by atoms with Crippen LogP contribution in [0.2, 0.25) is 0 Å². The first-order valence-electron chi connectivity index (χ1n) is 8.00. The van der Waals surface area contributed by atoms with Crippen LogP contribution in [0.15, 0.2) is 69.3 Å². The van der Waals surface area contributed by atoms with Crippen molar-refractivity contribution in [1.82, 2.24) is 9.78 Å². The number of benzene rings is 2.